The third-order valence-corrected chi connectivity index (χ3v) is 2.98. The highest BCUT2D eigenvalue weighted by atomic mass is 35.5. The van der Waals surface area contributed by atoms with Gasteiger partial charge in [0.25, 0.3) is 0 Å². The monoisotopic (exact) mass is 337 g/mol. The number of alkyl carbamates (subject to hydrolysis) is 1. The fourth-order valence-corrected chi connectivity index (χ4v) is 1.89. The van der Waals surface area contributed by atoms with Gasteiger partial charge < -0.3 is 20.3 Å². The predicted octanol–water partition coefficient (Wildman–Crippen LogP) is 2.54. The van der Waals surface area contributed by atoms with E-state index in [1.807, 2.05) is 0 Å². The lowest BCUT2D eigenvalue weighted by Crippen LogP contribution is -2.39. The number of hydrogen-bond donors (Lipinski definition) is 3. The summed E-state index contributed by atoms with van der Waals surface area (Å²) in [5.41, 5.74) is -1.30. The van der Waals surface area contributed by atoms with Gasteiger partial charge in [-0.15, -0.1) is 0 Å². The maximum absolute atomic E-state index is 13.6. The Kier molecular flexibility index (Phi) is 6.10. The molecule has 3 N–H and O–H groups in total. The Bertz CT molecular complexity index is 548. The number of nitrogens with one attached hydrogen (secondary N) is 1. The van der Waals surface area contributed by atoms with Crippen molar-refractivity contribution in [2.45, 2.75) is 38.6 Å². The van der Waals surface area contributed by atoms with Crippen molar-refractivity contribution in [2.75, 3.05) is 6.54 Å². The molecule has 8 heteroatoms. The van der Waals surface area contributed by atoms with Gasteiger partial charge in [0.1, 0.15) is 29.4 Å². The number of rotatable bonds is 4. The molecule has 2 atom stereocenters. The molecule has 0 spiro atoms. The summed E-state index contributed by atoms with van der Waals surface area (Å²) in [5.74, 6) is -1.89. The third kappa shape index (κ3) is 5.08. The number of aliphatic hydroxyl groups excluding tert-OH is 2. The van der Waals surface area contributed by atoms with E-state index in [9.17, 15) is 23.8 Å². The van der Waals surface area contributed by atoms with Crippen LogP contribution in [0.5, 0.6) is 0 Å². The van der Waals surface area contributed by atoms with E-state index in [-0.39, 0.29) is 0 Å². The van der Waals surface area contributed by atoms with Crippen LogP contribution in [0.25, 0.3) is 0 Å². The summed E-state index contributed by atoms with van der Waals surface area (Å²) in [6.45, 7) is 4.53. The van der Waals surface area contributed by atoms with Crippen LogP contribution < -0.4 is 5.32 Å². The Hall–Kier alpha value is -1.44. The number of amides is 1. The number of halogens is 3. The zero-order valence-corrected chi connectivity index (χ0v) is 13.1. The summed E-state index contributed by atoms with van der Waals surface area (Å²) in [6.07, 6.45) is -4.22. The lowest BCUT2D eigenvalue weighted by molar-refractivity contribution is 0.0112. The molecule has 1 amide bonds. The van der Waals surface area contributed by atoms with E-state index in [0.717, 1.165) is 12.1 Å². The number of carbonyl (C=O) groups excluding carboxylic acids is 1. The Morgan fingerprint density at radius 2 is 1.86 bits per heavy atom. The van der Waals surface area contributed by atoms with Crippen molar-refractivity contribution in [1.29, 1.82) is 0 Å². The molecule has 0 heterocycles. The summed E-state index contributed by atoms with van der Waals surface area (Å²) in [7, 11) is 0. The molecule has 0 aliphatic heterocycles. The van der Waals surface area contributed by atoms with Gasteiger partial charge in [-0.1, -0.05) is 11.6 Å². The molecule has 0 radical (unpaired) electrons. The van der Waals surface area contributed by atoms with Crippen LogP contribution in [-0.4, -0.2) is 34.6 Å². The minimum atomic E-state index is -1.81. The quantitative estimate of drug-likeness (QED) is 0.738. The molecule has 1 aromatic rings. The van der Waals surface area contributed by atoms with E-state index in [2.05, 4.69) is 5.32 Å². The zero-order valence-electron chi connectivity index (χ0n) is 12.4. The van der Waals surface area contributed by atoms with Crippen LogP contribution in [0, 0.1) is 11.6 Å². The van der Waals surface area contributed by atoms with E-state index in [1.165, 1.54) is 0 Å². The Morgan fingerprint density at radius 3 is 2.41 bits per heavy atom. The van der Waals surface area contributed by atoms with Crippen molar-refractivity contribution in [3.8, 4) is 0 Å². The molecular weight excluding hydrogens is 320 g/mol. The highest BCUT2D eigenvalue weighted by Crippen LogP contribution is 2.30. The topological polar surface area (TPSA) is 78.8 Å². The van der Waals surface area contributed by atoms with E-state index < -0.39 is 52.7 Å². The number of ether oxygens (including phenoxy) is 1. The summed E-state index contributed by atoms with van der Waals surface area (Å²) in [4.78, 5) is 11.4. The summed E-state index contributed by atoms with van der Waals surface area (Å²) in [6, 6.07) is 1.59. The van der Waals surface area contributed by atoms with Crippen molar-refractivity contribution in [1.82, 2.24) is 5.32 Å². The van der Waals surface area contributed by atoms with Crippen molar-refractivity contribution in [3.05, 3.63) is 34.4 Å². The molecule has 0 aliphatic carbocycles. The Labute approximate surface area is 131 Å². The maximum Gasteiger partial charge on any atom is 0.407 e. The third-order valence-electron chi connectivity index (χ3n) is 2.59. The molecule has 0 aliphatic rings. The average Bonchev–Trinajstić information content (AvgIpc) is 2.38. The van der Waals surface area contributed by atoms with Crippen molar-refractivity contribution in [2.24, 2.45) is 0 Å². The van der Waals surface area contributed by atoms with Crippen molar-refractivity contribution >= 4 is 17.7 Å². The normalized spacial score (nSPS) is 14.4. The molecule has 0 fully saturated rings. The minimum Gasteiger partial charge on any atom is -0.444 e. The van der Waals surface area contributed by atoms with E-state index in [1.54, 1.807) is 20.8 Å². The summed E-state index contributed by atoms with van der Waals surface area (Å²) >= 11 is 5.59. The van der Waals surface area contributed by atoms with Crippen LogP contribution in [0.15, 0.2) is 12.1 Å². The number of benzene rings is 1. The van der Waals surface area contributed by atoms with Gasteiger partial charge >= 0.3 is 6.09 Å². The molecule has 2 unspecified atom stereocenters. The molecule has 0 bridgehead atoms. The van der Waals surface area contributed by atoms with Gasteiger partial charge in [0, 0.05) is 12.1 Å². The summed E-state index contributed by atoms with van der Waals surface area (Å²) < 4.78 is 31.9. The minimum absolute atomic E-state index is 0.428. The first-order valence-corrected chi connectivity index (χ1v) is 6.87. The molecule has 124 valence electrons. The lowest BCUT2D eigenvalue weighted by Gasteiger charge is -2.23. The average molecular weight is 338 g/mol. The molecule has 0 saturated carbocycles. The lowest BCUT2D eigenvalue weighted by atomic mass is 10.0. The maximum atomic E-state index is 13.6. The number of carbonyl (C=O) groups is 1. The van der Waals surface area contributed by atoms with Gasteiger partial charge in [0.05, 0.1) is 5.02 Å². The van der Waals surface area contributed by atoms with Crippen LogP contribution in [0.3, 0.4) is 0 Å². The predicted molar refractivity (Wildman–Crippen MR) is 76.6 cm³/mol. The molecule has 0 aromatic heterocycles. The molecule has 1 aromatic carbocycles. The van der Waals surface area contributed by atoms with Crippen LogP contribution in [0.2, 0.25) is 5.02 Å². The molecular formula is C14H18ClF2NO4. The van der Waals surface area contributed by atoms with Crippen molar-refractivity contribution < 1.29 is 28.5 Å². The van der Waals surface area contributed by atoms with E-state index in [0.29, 0.717) is 0 Å². The largest absolute Gasteiger partial charge is 0.444 e. The molecule has 5 nitrogen and oxygen atoms in total. The van der Waals surface area contributed by atoms with E-state index in [4.69, 9.17) is 16.3 Å². The molecule has 22 heavy (non-hydrogen) atoms. The second kappa shape index (κ2) is 7.21. The first-order valence-electron chi connectivity index (χ1n) is 6.49. The van der Waals surface area contributed by atoms with E-state index >= 15 is 0 Å². The Balaban J connectivity index is 2.72. The second-order valence-corrected chi connectivity index (χ2v) is 6.03. The SMILES string of the molecule is CC(C)(C)OC(=O)NCC(O)C(O)c1c(F)ccc(F)c1Cl. The number of aliphatic hydroxyl groups is 2. The standard InChI is InChI=1S/C14H18ClF2NO4/c1-14(2,3)22-13(21)18-6-9(19)12(20)10-7(16)4-5-8(17)11(10)15/h4-5,9,12,19-20H,6H2,1-3H3,(H,18,21). The van der Waals surface area contributed by atoms with Crippen LogP contribution in [0.4, 0.5) is 13.6 Å². The van der Waals surface area contributed by atoms with Crippen LogP contribution >= 0.6 is 11.6 Å². The number of hydrogen-bond acceptors (Lipinski definition) is 4. The van der Waals surface area contributed by atoms with Gasteiger partial charge in [-0.25, -0.2) is 13.6 Å². The van der Waals surface area contributed by atoms with Gasteiger partial charge in [0.2, 0.25) is 0 Å². The van der Waals surface area contributed by atoms with Gasteiger partial charge in [0.15, 0.2) is 0 Å². The smallest absolute Gasteiger partial charge is 0.407 e. The molecule has 0 saturated heterocycles. The highest BCUT2D eigenvalue weighted by molar-refractivity contribution is 6.31. The van der Waals surface area contributed by atoms with Crippen molar-refractivity contribution in [3.63, 3.8) is 0 Å². The highest BCUT2D eigenvalue weighted by Gasteiger charge is 2.27. The second-order valence-electron chi connectivity index (χ2n) is 5.65. The fraction of sp³-hybridized carbons (Fsp3) is 0.500. The van der Waals surface area contributed by atoms with Crippen LogP contribution in [-0.2, 0) is 4.74 Å². The zero-order chi connectivity index (χ0) is 17.1. The van der Waals surface area contributed by atoms with Gasteiger partial charge in [-0.2, -0.15) is 0 Å². The Morgan fingerprint density at radius 1 is 1.32 bits per heavy atom. The van der Waals surface area contributed by atoms with Gasteiger partial charge in [-0.3, -0.25) is 0 Å². The van der Waals surface area contributed by atoms with Crippen LogP contribution in [0.1, 0.15) is 32.4 Å². The first kappa shape index (κ1) is 18.6. The first-order chi connectivity index (χ1) is 10.0. The fourth-order valence-electron chi connectivity index (χ4n) is 1.62. The molecule has 1 rings (SSSR count). The summed E-state index contributed by atoms with van der Waals surface area (Å²) in [5, 5.41) is 21.3. The van der Waals surface area contributed by atoms with Gasteiger partial charge in [-0.05, 0) is 32.9 Å².